The molecule has 0 aliphatic rings. The number of rotatable bonds is 1. The molecular weight excluding hydrogens is 188 g/mol. The predicted molar refractivity (Wildman–Crippen MR) is 52.1 cm³/mol. The van der Waals surface area contributed by atoms with Crippen molar-refractivity contribution in [2.24, 2.45) is 0 Å². The van der Waals surface area contributed by atoms with Gasteiger partial charge in [0.25, 0.3) is 0 Å². The van der Waals surface area contributed by atoms with Gasteiger partial charge >= 0.3 is 0 Å². The van der Waals surface area contributed by atoms with E-state index in [1.54, 1.807) is 16.8 Å². The molecule has 0 aliphatic carbocycles. The smallest absolute Gasteiger partial charge is 0.138 e. The summed E-state index contributed by atoms with van der Waals surface area (Å²) in [5.41, 5.74) is 0.729. The van der Waals surface area contributed by atoms with Crippen LogP contribution in [0.4, 0.5) is 0 Å². The Bertz CT molecular complexity index is 450. The Morgan fingerprint density at radius 2 is 2.31 bits per heavy atom. The average Bonchev–Trinajstić information content (AvgIpc) is 2.44. The van der Waals surface area contributed by atoms with Gasteiger partial charge in [-0.1, -0.05) is 17.7 Å². The minimum atomic E-state index is 0.183. The van der Waals surface area contributed by atoms with Crippen molar-refractivity contribution in [1.29, 1.82) is 0 Å². The lowest BCUT2D eigenvalue weighted by Crippen LogP contribution is -1.94. The summed E-state index contributed by atoms with van der Waals surface area (Å²) in [4.78, 5) is 0. The number of phenols is 1. The van der Waals surface area contributed by atoms with Crippen LogP contribution in [0.25, 0.3) is 10.9 Å². The van der Waals surface area contributed by atoms with E-state index in [1.165, 1.54) is 0 Å². The highest BCUT2D eigenvalue weighted by Crippen LogP contribution is 2.30. The molecule has 0 radical (unpaired) electrons. The number of aromatic hydroxyl groups is 1. The molecule has 1 aromatic heterocycles. The maximum Gasteiger partial charge on any atom is 0.138 e. The van der Waals surface area contributed by atoms with Crippen LogP contribution in [-0.4, -0.2) is 14.9 Å². The number of nitrogens with zero attached hydrogens (tertiary/aromatic N) is 2. The van der Waals surface area contributed by atoms with Gasteiger partial charge in [-0.15, -0.1) is 0 Å². The molecule has 0 fully saturated rings. The Hall–Kier alpha value is -1.22. The van der Waals surface area contributed by atoms with E-state index in [9.17, 15) is 5.11 Å². The zero-order valence-corrected chi connectivity index (χ0v) is 7.91. The van der Waals surface area contributed by atoms with Gasteiger partial charge in [0.15, 0.2) is 0 Å². The Morgan fingerprint density at radius 3 is 2.92 bits per heavy atom. The van der Waals surface area contributed by atoms with Gasteiger partial charge in [-0.2, -0.15) is 5.10 Å². The molecule has 0 aliphatic heterocycles. The van der Waals surface area contributed by atoms with Gasteiger partial charge in [-0.05, 0) is 19.1 Å². The van der Waals surface area contributed by atoms with Crippen molar-refractivity contribution in [2.45, 2.75) is 13.5 Å². The first-order chi connectivity index (χ1) is 6.24. The molecule has 0 spiro atoms. The van der Waals surface area contributed by atoms with Gasteiger partial charge in [0, 0.05) is 6.54 Å². The molecule has 13 heavy (non-hydrogen) atoms. The fourth-order valence-electron chi connectivity index (χ4n) is 1.34. The van der Waals surface area contributed by atoms with Crippen LogP contribution >= 0.6 is 11.6 Å². The summed E-state index contributed by atoms with van der Waals surface area (Å²) in [6.45, 7) is 2.65. The van der Waals surface area contributed by atoms with Gasteiger partial charge in [-0.25, -0.2) is 0 Å². The van der Waals surface area contributed by atoms with Crippen LogP contribution in [0.3, 0.4) is 0 Å². The predicted octanol–water partition coefficient (Wildman–Crippen LogP) is 2.42. The minimum Gasteiger partial charge on any atom is -0.507 e. The second-order valence-corrected chi connectivity index (χ2v) is 3.14. The van der Waals surface area contributed by atoms with Gasteiger partial charge in [0.1, 0.15) is 10.9 Å². The number of aryl methyl sites for hydroxylation is 1. The zero-order valence-electron chi connectivity index (χ0n) is 7.16. The number of fused-ring (bicyclic) bond motifs is 1. The Morgan fingerprint density at radius 1 is 1.54 bits per heavy atom. The van der Waals surface area contributed by atoms with Crippen molar-refractivity contribution in [2.75, 3.05) is 0 Å². The molecule has 3 nitrogen and oxygen atoms in total. The number of halogens is 1. The highest BCUT2D eigenvalue weighted by Gasteiger charge is 2.10. The molecule has 1 N–H and O–H groups in total. The normalized spacial score (nSPS) is 10.9. The Kier molecular flexibility index (Phi) is 1.88. The van der Waals surface area contributed by atoms with E-state index in [0.717, 1.165) is 5.52 Å². The summed E-state index contributed by atoms with van der Waals surface area (Å²) < 4.78 is 1.66. The van der Waals surface area contributed by atoms with Crippen molar-refractivity contribution in [1.82, 2.24) is 9.78 Å². The van der Waals surface area contributed by atoms with E-state index in [2.05, 4.69) is 5.10 Å². The minimum absolute atomic E-state index is 0.183. The first-order valence-corrected chi connectivity index (χ1v) is 4.46. The van der Waals surface area contributed by atoms with E-state index in [0.29, 0.717) is 17.1 Å². The van der Waals surface area contributed by atoms with Crippen LogP contribution in [0.1, 0.15) is 6.92 Å². The van der Waals surface area contributed by atoms with E-state index >= 15 is 0 Å². The summed E-state index contributed by atoms with van der Waals surface area (Å²) >= 11 is 6.00. The highest BCUT2D eigenvalue weighted by molar-refractivity contribution is 6.35. The summed E-state index contributed by atoms with van der Waals surface area (Å²) in [6.07, 6.45) is 0. The van der Waals surface area contributed by atoms with Crippen molar-refractivity contribution < 1.29 is 5.11 Å². The monoisotopic (exact) mass is 196 g/mol. The fourth-order valence-corrected chi connectivity index (χ4v) is 1.69. The summed E-state index contributed by atoms with van der Waals surface area (Å²) in [7, 11) is 0. The van der Waals surface area contributed by atoms with Gasteiger partial charge in [0.05, 0.1) is 10.9 Å². The maximum absolute atomic E-state index is 9.52. The molecule has 1 heterocycles. The summed E-state index contributed by atoms with van der Waals surface area (Å²) in [5.74, 6) is 0.183. The molecule has 68 valence electrons. The van der Waals surface area contributed by atoms with Gasteiger partial charge in [0.2, 0.25) is 0 Å². The molecule has 0 bridgehead atoms. The SMILES string of the molecule is CCn1nc2cccc(O)c2c1Cl. The molecule has 0 saturated heterocycles. The molecule has 0 unspecified atom stereocenters. The van der Waals surface area contributed by atoms with Crippen molar-refractivity contribution in [3.05, 3.63) is 23.4 Å². The standard InChI is InChI=1S/C9H9ClN2O/c1-2-12-9(10)8-6(11-12)4-3-5-7(8)13/h3-5,13H,2H2,1H3. The molecule has 0 atom stereocenters. The first-order valence-electron chi connectivity index (χ1n) is 4.08. The third-order valence-electron chi connectivity index (χ3n) is 1.98. The number of aromatic nitrogens is 2. The molecule has 1 aromatic carbocycles. The Balaban J connectivity index is 2.85. The van der Waals surface area contributed by atoms with Crippen molar-refractivity contribution >= 4 is 22.5 Å². The van der Waals surface area contributed by atoms with Crippen LogP contribution in [-0.2, 0) is 6.54 Å². The molecule has 0 amide bonds. The van der Waals surface area contributed by atoms with E-state index in [4.69, 9.17) is 11.6 Å². The topological polar surface area (TPSA) is 38.0 Å². The molecular formula is C9H9ClN2O. The molecule has 2 aromatic rings. The molecule has 0 saturated carbocycles. The molecule has 4 heteroatoms. The largest absolute Gasteiger partial charge is 0.507 e. The van der Waals surface area contributed by atoms with Gasteiger partial charge in [-0.3, -0.25) is 4.68 Å². The van der Waals surface area contributed by atoms with Crippen LogP contribution in [0, 0.1) is 0 Å². The third kappa shape index (κ3) is 1.16. The molecule has 2 rings (SSSR count). The van der Waals surface area contributed by atoms with Crippen LogP contribution in [0.5, 0.6) is 5.75 Å². The maximum atomic E-state index is 9.52. The van der Waals surface area contributed by atoms with E-state index < -0.39 is 0 Å². The number of hydrogen-bond acceptors (Lipinski definition) is 2. The quantitative estimate of drug-likeness (QED) is 0.761. The summed E-state index contributed by atoms with van der Waals surface area (Å²) in [6, 6.07) is 5.18. The first kappa shape index (κ1) is 8.38. The van der Waals surface area contributed by atoms with Crippen molar-refractivity contribution in [3.63, 3.8) is 0 Å². The van der Waals surface area contributed by atoms with E-state index in [1.807, 2.05) is 13.0 Å². The van der Waals surface area contributed by atoms with E-state index in [-0.39, 0.29) is 5.75 Å². The number of benzene rings is 1. The van der Waals surface area contributed by atoms with Crippen LogP contribution < -0.4 is 0 Å². The van der Waals surface area contributed by atoms with Crippen LogP contribution in [0.2, 0.25) is 5.15 Å². The highest BCUT2D eigenvalue weighted by atomic mass is 35.5. The van der Waals surface area contributed by atoms with Gasteiger partial charge < -0.3 is 5.11 Å². The second-order valence-electron chi connectivity index (χ2n) is 2.78. The lowest BCUT2D eigenvalue weighted by molar-refractivity contribution is 0.481. The second kappa shape index (κ2) is 2.92. The zero-order chi connectivity index (χ0) is 9.42. The lowest BCUT2D eigenvalue weighted by atomic mass is 10.2. The fraction of sp³-hybridized carbons (Fsp3) is 0.222. The van der Waals surface area contributed by atoms with Crippen molar-refractivity contribution in [3.8, 4) is 5.75 Å². The lowest BCUT2D eigenvalue weighted by Gasteiger charge is -1.95. The third-order valence-corrected chi connectivity index (χ3v) is 2.37. The number of phenolic OH excluding ortho intramolecular Hbond substituents is 1. The average molecular weight is 197 g/mol. The van der Waals surface area contributed by atoms with Crippen LogP contribution in [0.15, 0.2) is 18.2 Å². The Labute approximate surface area is 80.5 Å². The number of hydrogen-bond donors (Lipinski definition) is 1. The summed E-state index contributed by atoms with van der Waals surface area (Å²) in [5, 5.41) is 14.9.